The molecule has 26 heavy (non-hydrogen) atoms. The van der Waals surface area contributed by atoms with E-state index in [4.69, 9.17) is 0 Å². The molecule has 2 aromatic rings. The molecule has 0 bridgehead atoms. The first kappa shape index (κ1) is 18.5. The number of amides is 2. The van der Waals surface area contributed by atoms with Gasteiger partial charge in [0.2, 0.25) is 0 Å². The lowest BCUT2D eigenvalue weighted by Gasteiger charge is -2.22. The maximum absolute atomic E-state index is 13.0. The highest BCUT2D eigenvalue weighted by Gasteiger charge is 2.23. The molecule has 0 saturated carbocycles. The van der Waals surface area contributed by atoms with Crippen LogP contribution in [0.25, 0.3) is 0 Å². The Morgan fingerprint density at radius 3 is 1.73 bits per heavy atom. The SMILES string of the molecule is CSc1ccc(C(=O)N2CCCN(C(=O)c3ccc(F)cc3)CC2)cc1. The Balaban J connectivity index is 1.64. The number of nitrogens with zero attached hydrogens (tertiary/aromatic N) is 2. The topological polar surface area (TPSA) is 40.6 Å². The third-order valence-electron chi connectivity index (χ3n) is 4.50. The second kappa shape index (κ2) is 8.36. The second-order valence-corrected chi connectivity index (χ2v) is 7.05. The lowest BCUT2D eigenvalue weighted by Crippen LogP contribution is -2.37. The van der Waals surface area contributed by atoms with Gasteiger partial charge in [0.15, 0.2) is 0 Å². The van der Waals surface area contributed by atoms with E-state index in [9.17, 15) is 14.0 Å². The van der Waals surface area contributed by atoms with Crippen LogP contribution >= 0.6 is 11.8 Å². The van der Waals surface area contributed by atoms with Crippen LogP contribution in [0.5, 0.6) is 0 Å². The number of rotatable bonds is 3. The third-order valence-corrected chi connectivity index (χ3v) is 5.24. The zero-order valence-corrected chi connectivity index (χ0v) is 15.5. The van der Waals surface area contributed by atoms with E-state index >= 15 is 0 Å². The molecule has 0 aliphatic carbocycles. The quantitative estimate of drug-likeness (QED) is 0.774. The zero-order valence-electron chi connectivity index (χ0n) is 14.7. The number of thioether (sulfide) groups is 1. The van der Waals surface area contributed by atoms with E-state index in [1.54, 1.807) is 21.6 Å². The van der Waals surface area contributed by atoms with Crippen LogP contribution in [0.2, 0.25) is 0 Å². The Hall–Kier alpha value is -2.34. The van der Waals surface area contributed by atoms with Crippen LogP contribution in [-0.2, 0) is 0 Å². The summed E-state index contributed by atoms with van der Waals surface area (Å²) in [5, 5.41) is 0. The predicted octanol–water partition coefficient (Wildman–Crippen LogP) is 3.54. The first-order valence-corrected chi connectivity index (χ1v) is 9.79. The summed E-state index contributed by atoms with van der Waals surface area (Å²) in [5.74, 6) is -0.487. The van der Waals surface area contributed by atoms with Crippen molar-refractivity contribution < 1.29 is 14.0 Å². The van der Waals surface area contributed by atoms with Crippen LogP contribution in [0.3, 0.4) is 0 Å². The predicted molar refractivity (Wildman–Crippen MR) is 101 cm³/mol. The van der Waals surface area contributed by atoms with E-state index in [0.717, 1.165) is 11.3 Å². The minimum Gasteiger partial charge on any atom is -0.337 e. The molecule has 0 unspecified atom stereocenters. The van der Waals surface area contributed by atoms with Crippen molar-refractivity contribution >= 4 is 23.6 Å². The minimum absolute atomic E-state index is 0.00580. The van der Waals surface area contributed by atoms with Crippen molar-refractivity contribution in [1.82, 2.24) is 9.80 Å². The minimum atomic E-state index is -0.360. The third kappa shape index (κ3) is 4.25. The van der Waals surface area contributed by atoms with Crippen LogP contribution in [0.15, 0.2) is 53.4 Å². The van der Waals surface area contributed by atoms with Crippen LogP contribution in [0, 0.1) is 5.82 Å². The summed E-state index contributed by atoms with van der Waals surface area (Å²) < 4.78 is 13.0. The number of carbonyl (C=O) groups is 2. The van der Waals surface area contributed by atoms with Gasteiger partial charge in [0.1, 0.15) is 5.82 Å². The molecule has 0 N–H and O–H groups in total. The number of halogens is 1. The standard InChI is InChI=1S/C20H21FN2O2S/c1-26-18-9-5-16(6-10-18)20(25)23-12-2-11-22(13-14-23)19(24)15-3-7-17(21)8-4-15/h3-10H,2,11-14H2,1H3. The fourth-order valence-electron chi connectivity index (χ4n) is 3.01. The van der Waals surface area contributed by atoms with Gasteiger partial charge in [-0.25, -0.2) is 4.39 Å². The van der Waals surface area contributed by atoms with Crippen molar-refractivity contribution in [3.8, 4) is 0 Å². The molecule has 2 amide bonds. The number of benzene rings is 2. The van der Waals surface area contributed by atoms with E-state index in [-0.39, 0.29) is 17.6 Å². The normalized spacial score (nSPS) is 14.8. The zero-order chi connectivity index (χ0) is 18.5. The Bertz CT molecular complexity index is 777. The molecule has 0 aromatic heterocycles. The summed E-state index contributed by atoms with van der Waals surface area (Å²) in [6, 6.07) is 13.2. The smallest absolute Gasteiger partial charge is 0.253 e. The highest BCUT2D eigenvalue weighted by Crippen LogP contribution is 2.17. The Morgan fingerprint density at radius 1 is 0.808 bits per heavy atom. The van der Waals surface area contributed by atoms with Crippen molar-refractivity contribution in [3.05, 3.63) is 65.5 Å². The van der Waals surface area contributed by atoms with Gasteiger partial charge in [-0.1, -0.05) is 0 Å². The fourth-order valence-corrected chi connectivity index (χ4v) is 3.42. The second-order valence-electron chi connectivity index (χ2n) is 6.17. The molecule has 1 heterocycles. The van der Waals surface area contributed by atoms with Crippen molar-refractivity contribution in [3.63, 3.8) is 0 Å². The van der Waals surface area contributed by atoms with Gasteiger partial charge in [-0.3, -0.25) is 9.59 Å². The maximum atomic E-state index is 13.0. The molecule has 3 rings (SSSR count). The van der Waals surface area contributed by atoms with Gasteiger partial charge in [-0.2, -0.15) is 0 Å². The van der Waals surface area contributed by atoms with E-state index < -0.39 is 0 Å². The van der Waals surface area contributed by atoms with E-state index in [1.165, 1.54) is 24.3 Å². The van der Waals surface area contributed by atoms with Gasteiger partial charge in [0.25, 0.3) is 11.8 Å². The summed E-state index contributed by atoms with van der Waals surface area (Å²) in [4.78, 5) is 29.9. The van der Waals surface area contributed by atoms with Gasteiger partial charge in [0, 0.05) is 42.2 Å². The number of hydrogen-bond acceptors (Lipinski definition) is 3. The molecule has 0 radical (unpaired) electrons. The van der Waals surface area contributed by atoms with Gasteiger partial charge >= 0.3 is 0 Å². The van der Waals surface area contributed by atoms with Crippen molar-refractivity contribution in [2.75, 3.05) is 32.4 Å². The summed E-state index contributed by atoms with van der Waals surface area (Å²) in [6.45, 7) is 2.18. The molecular formula is C20H21FN2O2S. The van der Waals surface area contributed by atoms with E-state index in [1.807, 2.05) is 30.5 Å². The number of carbonyl (C=O) groups excluding carboxylic acids is 2. The fraction of sp³-hybridized carbons (Fsp3) is 0.300. The first-order chi connectivity index (χ1) is 12.6. The summed E-state index contributed by atoms with van der Waals surface area (Å²) in [7, 11) is 0. The monoisotopic (exact) mass is 372 g/mol. The Kier molecular flexibility index (Phi) is 5.93. The van der Waals surface area contributed by atoms with E-state index in [2.05, 4.69) is 0 Å². The van der Waals surface area contributed by atoms with Crippen molar-refractivity contribution in [2.24, 2.45) is 0 Å². The van der Waals surface area contributed by atoms with Crippen molar-refractivity contribution in [2.45, 2.75) is 11.3 Å². The lowest BCUT2D eigenvalue weighted by molar-refractivity contribution is 0.0718. The summed E-state index contributed by atoms with van der Waals surface area (Å²) >= 11 is 1.64. The molecule has 6 heteroatoms. The molecule has 1 fully saturated rings. The maximum Gasteiger partial charge on any atom is 0.253 e. The molecule has 4 nitrogen and oxygen atoms in total. The molecule has 136 valence electrons. The van der Waals surface area contributed by atoms with Crippen LogP contribution in [0.1, 0.15) is 27.1 Å². The largest absolute Gasteiger partial charge is 0.337 e. The molecule has 1 aliphatic rings. The van der Waals surface area contributed by atoms with Crippen LogP contribution in [-0.4, -0.2) is 54.0 Å². The first-order valence-electron chi connectivity index (χ1n) is 8.56. The average Bonchev–Trinajstić information content (AvgIpc) is 2.94. The average molecular weight is 372 g/mol. The lowest BCUT2D eigenvalue weighted by atomic mass is 10.2. The van der Waals surface area contributed by atoms with E-state index in [0.29, 0.717) is 37.3 Å². The van der Waals surface area contributed by atoms with Gasteiger partial charge in [0.05, 0.1) is 0 Å². The summed E-state index contributed by atoms with van der Waals surface area (Å²) in [6.07, 6.45) is 2.72. The number of hydrogen-bond donors (Lipinski definition) is 0. The van der Waals surface area contributed by atoms with Gasteiger partial charge in [-0.05, 0) is 61.2 Å². The highest BCUT2D eigenvalue weighted by atomic mass is 32.2. The highest BCUT2D eigenvalue weighted by molar-refractivity contribution is 7.98. The molecular weight excluding hydrogens is 351 g/mol. The Labute approximate surface area is 157 Å². The molecule has 0 spiro atoms. The van der Waals surface area contributed by atoms with Crippen LogP contribution < -0.4 is 0 Å². The van der Waals surface area contributed by atoms with Gasteiger partial charge < -0.3 is 9.80 Å². The molecule has 2 aromatic carbocycles. The van der Waals surface area contributed by atoms with Crippen LogP contribution in [0.4, 0.5) is 4.39 Å². The summed E-state index contributed by atoms with van der Waals surface area (Å²) in [5.41, 5.74) is 1.14. The molecule has 1 saturated heterocycles. The van der Waals surface area contributed by atoms with Crippen molar-refractivity contribution in [1.29, 1.82) is 0 Å². The Morgan fingerprint density at radius 2 is 1.27 bits per heavy atom. The molecule has 1 aliphatic heterocycles. The molecule has 0 atom stereocenters. The van der Waals surface area contributed by atoms with Gasteiger partial charge in [-0.15, -0.1) is 11.8 Å².